The van der Waals surface area contributed by atoms with E-state index in [1.165, 1.54) is 0 Å². The van der Waals surface area contributed by atoms with Crippen molar-refractivity contribution in [3.63, 3.8) is 0 Å². The Labute approximate surface area is 136 Å². The fourth-order valence-electron chi connectivity index (χ4n) is 3.14. The topological polar surface area (TPSA) is 67.9 Å². The van der Waals surface area contributed by atoms with Crippen LogP contribution >= 0.6 is 0 Å². The summed E-state index contributed by atoms with van der Waals surface area (Å²) < 4.78 is 10.5. The second-order valence-corrected chi connectivity index (χ2v) is 5.78. The molecule has 2 amide bonds. The predicted octanol–water partition coefficient (Wildman–Crippen LogP) is 1.08. The van der Waals surface area contributed by atoms with E-state index in [0.717, 1.165) is 5.56 Å². The maximum Gasteiger partial charge on any atom is 0.254 e. The van der Waals surface area contributed by atoms with Crippen molar-refractivity contribution in [2.45, 2.75) is 6.92 Å². The molecule has 1 aromatic rings. The predicted molar refractivity (Wildman–Crippen MR) is 86.6 cm³/mol. The number of hydrogen-bond donors (Lipinski definition) is 1. The molecular formula is C17H24N2O4. The third-order valence-electron chi connectivity index (χ3n) is 4.43. The average molecular weight is 320 g/mol. The minimum absolute atomic E-state index is 0.00909. The van der Waals surface area contributed by atoms with Crippen LogP contribution in [-0.4, -0.2) is 57.7 Å². The summed E-state index contributed by atoms with van der Waals surface area (Å²) in [6.07, 6.45) is 0. The first-order chi connectivity index (χ1) is 11.0. The van der Waals surface area contributed by atoms with Gasteiger partial charge in [0.2, 0.25) is 5.91 Å². The van der Waals surface area contributed by atoms with E-state index in [1.807, 2.05) is 13.0 Å². The highest BCUT2D eigenvalue weighted by molar-refractivity contribution is 5.97. The highest BCUT2D eigenvalue weighted by atomic mass is 16.5. The zero-order valence-electron chi connectivity index (χ0n) is 14.1. The molecule has 2 atom stereocenters. The van der Waals surface area contributed by atoms with Crippen LogP contribution in [0.25, 0.3) is 0 Å². The number of nitrogens with zero attached hydrogens (tertiary/aromatic N) is 1. The molecule has 2 rings (SSSR count). The van der Waals surface area contributed by atoms with Gasteiger partial charge in [-0.1, -0.05) is 6.07 Å². The number of nitrogens with one attached hydrogen (secondary N) is 1. The van der Waals surface area contributed by atoms with E-state index in [9.17, 15) is 9.59 Å². The maximum absolute atomic E-state index is 12.8. The van der Waals surface area contributed by atoms with E-state index >= 15 is 0 Å². The van der Waals surface area contributed by atoms with Crippen LogP contribution in [0.4, 0.5) is 0 Å². The van der Waals surface area contributed by atoms with Crippen LogP contribution in [0.5, 0.6) is 5.75 Å². The summed E-state index contributed by atoms with van der Waals surface area (Å²) >= 11 is 0. The van der Waals surface area contributed by atoms with Gasteiger partial charge in [-0.25, -0.2) is 0 Å². The quantitative estimate of drug-likeness (QED) is 0.882. The molecule has 1 aliphatic heterocycles. The monoisotopic (exact) mass is 320 g/mol. The minimum Gasteiger partial charge on any atom is -0.496 e. The molecule has 0 radical (unpaired) electrons. The number of carbonyl (C=O) groups is 2. The minimum atomic E-state index is -0.241. The lowest BCUT2D eigenvalue weighted by Crippen LogP contribution is -2.34. The number of likely N-dealkylation sites (tertiary alicyclic amines) is 1. The van der Waals surface area contributed by atoms with Gasteiger partial charge in [-0.2, -0.15) is 0 Å². The molecule has 1 heterocycles. The van der Waals surface area contributed by atoms with Crippen molar-refractivity contribution in [1.82, 2.24) is 10.2 Å². The number of carbonyl (C=O) groups excluding carboxylic acids is 2. The maximum atomic E-state index is 12.8. The Morgan fingerprint density at radius 2 is 2.04 bits per heavy atom. The molecule has 0 saturated carbocycles. The molecule has 0 spiro atoms. The van der Waals surface area contributed by atoms with Gasteiger partial charge in [0.1, 0.15) is 5.75 Å². The van der Waals surface area contributed by atoms with Crippen molar-refractivity contribution in [2.24, 2.45) is 11.8 Å². The number of ether oxygens (including phenoxy) is 2. The number of methoxy groups -OCH3 is 2. The van der Waals surface area contributed by atoms with Gasteiger partial charge in [0.15, 0.2) is 0 Å². The summed E-state index contributed by atoms with van der Waals surface area (Å²) in [6, 6.07) is 5.42. The fourth-order valence-corrected chi connectivity index (χ4v) is 3.14. The Bertz CT molecular complexity index is 588. The largest absolute Gasteiger partial charge is 0.496 e. The van der Waals surface area contributed by atoms with Crippen molar-refractivity contribution >= 4 is 11.8 Å². The lowest BCUT2D eigenvalue weighted by atomic mass is 9.96. The molecule has 1 aromatic carbocycles. The zero-order chi connectivity index (χ0) is 17.0. The summed E-state index contributed by atoms with van der Waals surface area (Å²) in [5.74, 6) is 0.328. The molecule has 0 aromatic heterocycles. The number of amides is 2. The van der Waals surface area contributed by atoms with Crippen molar-refractivity contribution in [2.75, 3.05) is 41.0 Å². The molecule has 1 fully saturated rings. The van der Waals surface area contributed by atoms with Gasteiger partial charge in [0.05, 0.1) is 19.6 Å². The first-order valence-electron chi connectivity index (χ1n) is 7.66. The van der Waals surface area contributed by atoms with Crippen molar-refractivity contribution < 1.29 is 19.1 Å². The first kappa shape index (κ1) is 17.3. The standard InChI is InChI=1S/C17H24N2O4/c1-11-13(6-5-7-15(11)23-4)17(21)19-8-12(10-22-3)14(9-19)16(20)18-2/h5-7,12,14H,8-10H2,1-4H3,(H,18,20)/t12-,14+/m0/s1. The fraction of sp³-hybridized carbons (Fsp3) is 0.529. The average Bonchev–Trinajstić information content (AvgIpc) is 2.98. The van der Waals surface area contributed by atoms with Crippen LogP contribution in [0.15, 0.2) is 18.2 Å². The number of rotatable bonds is 5. The lowest BCUT2D eigenvalue weighted by molar-refractivity contribution is -0.125. The van der Waals surface area contributed by atoms with Gasteiger partial charge in [-0.05, 0) is 19.1 Å². The molecule has 0 aliphatic carbocycles. The van der Waals surface area contributed by atoms with Crippen LogP contribution in [0, 0.1) is 18.8 Å². The van der Waals surface area contributed by atoms with Crippen molar-refractivity contribution in [1.29, 1.82) is 0 Å². The third-order valence-corrected chi connectivity index (χ3v) is 4.43. The first-order valence-corrected chi connectivity index (χ1v) is 7.66. The van der Waals surface area contributed by atoms with Gasteiger partial charge in [-0.15, -0.1) is 0 Å². The number of benzene rings is 1. The molecule has 6 nitrogen and oxygen atoms in total. The van der Waals surface area contributed by atoms with Gasteiger partial charge in [-0.3, -0.25) is 9.59 Å². The second-order valence-electron chi connectivity index (χ2n) is 5.78. The summed E-state index contributed by atoms with van der Waals surface area (Å²) in [6.45, 7) is 3.24. The number of hydrogen-bond acceptors (Lipinski definition) is 4. The van der Waals surface area contributed by atoms with E-state index in [2.05, 4.69) is 5.32 Å². The molecule has 1 saturated heterocycles. The molecule has 1 N–H and O–H groups in total. The highest BCUT2D eigenvalue weighted by Crippen LogP contribution is 2.28. The Hall–Kier alpha value is -2.08. The zero-order valence-corrected chi connectivity index (χ0v) is 14.1. The van der Waals surface area contributed by atoms with E-state index in [4.69, 9.17) is 9.47 Å². The van der Waals surface area contributed by atoms with Gasteiger partial charge in [0.25, 0.3) is 5.91 Å². The van der Waals surface area contributed by atoms with E-state index in [0.29, 0.717) is 31.0 Å². The van der Waals surface area contributed by atoms with Crippen LogP contribution in [0.2, 0.25) is 0 Å². The van der Waals surface area contributed by atoms with Crippen LogP contribution < -0.4 is 10.1 Å². The third kappa shape index (κ3) is 3.47. The smallest absolute Gasteiger partial charge is 0.254 e. The van der Waals surface area contributed by atoms with Crippen LogP contribution in [0.1, 0.15) is 15.9 Å². The molecule has 6 heteroatoms. The van der Waals surface area contributed by atoms with Gasteiger partial charge >= 0.3 is 0 Å². The van der Waals surface area contributed by atoms with E-state index in [-0.39, 0.29) is 23.7 Å². The van der Waals surface area contributed by atoms with E-state index < -0.39 is 0 Å². The molecule has 126 valence electrons. The molecule has 1 aliphatic rings. The van der Waals surface area contributed by atoms with Crippen molar-refractivity contribution in [3.8, 4) is 5.75 Å². The molecule has 0 unspecified atom stereocenters. The summed E-state index contributed by atoms with van der Waals surface area (Å²) in [5, 5.41) is 2.67. The van der Waals surface area contributed by atoms with Crippen molar-refractivity contribution in [3.05, 3.63) is 29.3 Å². The Morgan fingerprint density at radius 1 is 1.30 bits per heavy atom. The van der Waals surface area contributed by atoms with Crippen LogP contribution in [-0.2, 0) is 9.53 Å². The SMILES string of the molecule is CNC(=O)[C@@H]1CN(C(=O)c2cccc(OC)c2C)C[C@H]1COC. The van der Waals surface area contributed by atoms with Gasteiger partial charge < -0.3 is 19.7 Å². The van der Waals surface area contributed by atoms with E-state index in [1.54, 1.807) is 38.3 Å². The summed E-state index contributed by atoms with van der Waals surface area (Å²) in [4.78, 5) is 26.6. The summed E-state index contributed by atoms with van der Waals surface area (Å²) in [5.41, 5.74) is 1.42. The molecular weight excluding hydrogens is 296 g/mol. The molecule has 0 bridgehead atoms. The highest BCUT2D eigenvalue weighted by Gasteiger charge is 2.39. The Kier molecular flexibility index (Phi) is 5.60. The Morgan fingerprint density at radius 3 is 2.65 bits per heavy atom. The van der Waals surface area contributed by atoms with Gasteiger partial charge in [0, 0.05) is 44.3 Å². The van der Waals surface area contributed by atoms with Crippen LogP contribution in [0.3, 0.4) is 0 Å². The molecule has 23 heavy (non-hydrogen) atoms. The second kappa shape index (κ2) is 7.46. The normalized spacial score (nSPS) is 20.4. The summed E-state index contributed by atoms with van der Waals surface area (Å²) in [7, 11) is 4.81. The lowest BCUT2D eigenvalue weighted by Gasteiger charge is -2.18. The Balaban J connectivity index is 2.22.